The Morgan fingerprint density at radius 2 is 1.74 bits per heavy atom. The summed E-state index contributed by atoms with van der Waals surface area (Å²) in [6, 6.07) is 11.2. The predicted octanol–water partition coefficient (Wildman–Crippen LogP) is 0.808. The third-order valence-electron chi connectivity index (χ3n) is 4.93. The van der Waals surface area contributed by atoms with E-state index in [1.165, 1.54) is 46.8 Å². The molecule has 1 aliphatic heterocycles. The van der Waals surface area contributed by atoms with Crippen molar-refractivity contribution in [3.8, 4) is 5.75 Å². The number of anilines is 1. The van der Waals surface area contributed by atoms with Crippen LogP contribution < -0.4 is 14.4 Å². The van der Waals surface area contributed by atoms with Crippen LogP contribution in [0.25, 0.3) is 0 Å². The van der Waals surface area contributed by atoms with Gasteiger partial charge in [0.2, 0.25) is 26.0 Å². The van der Waals surface area contributed by atoms with Crippen molar-refractivity contribution in [3.63, 3.8) is 0 Å². The fraction of sp³-hybridized carbons (Fsp3) is 0.381. The lowest BCUT2D eigenvalue weighted by molar-refractivity contribution is -0.119. The second-order valence-corrected chi connectivity index (χ2v) is 11.3. The van der Waals surface area contributed by atoms with Gasteiger partial charge >= 0.3 is 0 Å². The first-order valence-corrected chi connectivity index (χ1v) is 13.7. The number of rotatable bonds is 10. The predicted molar refractivity (Wildman–Crippen MR) is 123 cm³/mol. The van der Waals surface area contributed by atoms with Crippen LogP contribution in [-0.4, -0.2) is 79.3 Å². The Bertz CT molecular complexity index is 1200. The van der Waals surface area contributed by atoms with Crippen molar-refractivity contribution in [2.24, 2.45) is 0 Å². The number of nitrogens with one attached hydrogen (secondary N) is 1. The van der Waals surface area contributed by atoms with E-state index in [1.807, 2.05) is 0 Å². The Kier molecular flexibility index (Phi) is 8.47. The van der Waals surface area contributed by atoms with Crippen molar-refractivity contribution >= 4 is 31.6 Å². The minimum atomic E-state index is -3.89. The molecule has 34 heavy (non-hydrogen) atoms. The molecule has 1 saturated heterocycles. The van der Waals surface area contributed by atoms with Gasteiger partial charge in [-0.15, -0.1) is 0 Å². The summed E-state index contributed by atoms with van der Waals surface area (Å²) in [4.78, 5) is 12.4. The van der Waals surface area contributed by atoms with E-state index in [-0.39, 0.29) is 23.7 Å². The largest absolute Gasteiger partial charge is 0.492 e. The normalized spacial score (nSPS) is 15.0. The Balaban J connectivity index is 1.50. The molecule has 0 aliphatic carbocycles. The van der Waals surface area contributed by atoms with Crippen LogP contribution in [0, 0.1) is 5.82 Å². The summed E-state index contributed by atoms with van der Waals surface area (Å²) in [5, 5.41) is 2.52. The van der Waals surface area contributed by atoms with Crippen LogP contribution in [0.3, 0.4) is 0 Å². The molecule has 3 rings (SSSR count). The van der Waals surface area contributed by atoms with Gasteiger partial charge in [0, 0.05) is 13.1 Å². The smallest absolute Gasteiger partial charge is 0.243 e. The third kappa shape index (κ3) is 6.65. The molecule has 1 N–H and O–H groups in total. The van der Waals surface area contributed by atoms with Gasteiger partial charge in [-0.05, 0) is 36.4 Å². The van der Waals surface area contributed by atoms with E-state index in [0.717, 1.165) is 12.3 Å². The average Bonchev–Trinajstić information content (AvgIpc) is 2.81. The molecule has 0 saturated carbocycles. The molecule has 1 amide bonds. The van der Waals surface area contributed by atoms with Gasteiger partial charge in [-0.2, -0.15) is 4.31 Å². The van der Waals surface area contributed by atoms with E-state index >= 15 is 0 Å². The Morgan fingerprint density at radius 3 is 2.35 bits per heavy atom. The van der Waals surface area contributed by atoms with E-state index in [4.69, 9.17) is 9.47 Å². The Hall–Kier alpha value is -2.74. The van der Waals surface area contributed by atoms with E-state index in [2.05, 4.69) is 5.32 Å². The molecule has 13 heteroatoms. The molecule has 0 spiro atoms. The summed E-state index contributed by atoms with van der Waals surface area (Å²) in [7, 11) is -7.50. The minimum Gasteiger partial charge on any atom is -0.492 e. The zero-order chi connectivity index (χ0) is 24.8. The first-order chi connectivity index (χ1) is 16.1. The topological polar surface area (TPSA) is 122 Å². The number of hydrogen-bond acceptors (Lipinski definition) is 7. The zero-order valence-corrected chi connectivity index (χ0v) is 20.1. The number of carbonyl (C=O) groups excluding carboxylic acids is 1. The highest BCUT2D eigenvalue weighted by Crippen LogP contribution is 2.22. The fourth-order valence-electron chi connectivity index (χ4n) is 3.22. The monoisotopic (exact) mass is 515 g/mol. The van der Waals surface area contributed by atoms with Gasteiger partial charge in [0.05, 0.1) is 36.6 Å². The summed E-state index contributed by atoms with van der Waals surface area (Å²) in [6.07, 6.45) is 0.888. The minimum absolute atomic E-state index is 0.0554. The molecule has 1 fully saturated rings. The van der Waals surface area contributed by atoms with E-state index in [1.54, 1.807) is 0 Å². The highest BCUT2D eigenvalue weighted by Gasteiger charge is 2.26. The van der Waals surface area contributed by atoms with Crippen LogP contribution >= 0.6 is 0 Å². The summed E-state index contributed by atoms with van der Waals surface area (Å²) < 4.78 is 76.1. The molecule has 1 aliphatic rings. The van der Waals surface area contributed by atoms with E-state index in [9.17, 15) is 26.0 Å². The molecule has 0 atom stereocenters. The van der Waals surface area contributed by atoms with Gasteiger partial charge < -0.3 is 14.8 Å². The summed E-state index contributed by atoms with van der Waals surface area (Å²) in [5.74, 6) is -0.994. The lowest BCUT2D eigenvalue weighted by Crippen LogP contribution is -2.41. The van der Waals surface area contributed by atoms with Crippen LogP contribution in [0.1, 0.15) is 0 Å². The molecule has 0 aromatic heterocycles. The molecule has 1 heterocycles. The van der Waals surface area contributed by atoms with Gasteiger partial charge in [0.15, 0.2) is 0 Å². The second kappa shape index (κ2) is 11.1. The SMILES string of the molecule is CS(=O)(=O)N(CC(=O)NCCOc1ccc(S(=O)(=O)N2CCOCC2)cc1)c1ccccc1F. The quantitative estimate of drug-likeness (QED) is 0.465. The maximum absolute atomic E-state index is 14.0. The number of para-hydroxylation sites is 1. The van der Waals surface area contributed by atoms with Gasteiger partial charge in [-0.3, -0.25) is 9.10 Å². The average molecular weight is 516 g/mol. The number of benzene rings is 2. The van der Waals surface area contributed by atoms with Crippen molar-refractivity contribution in [1.82, 2.24) is 9.62 Å². The summed E-state index contributed by atoms with van der Waals surface area (Å²) in [5.41, 5.74) is -0.219. The summed E-state index contributed by atoms with van der Waals surface area (Å²) >= 11 is 0. The van der Waals surface area contributed by atoms with E-state index in [0.29, 0.717) is 36.4 Å². The highest BCUT2D eigenvalue weighted by molar-refractivity contribution is 7.92. The maximum Gasteiger partial charge on any atom is 0.243 e. The van der Waals surface area contributed by atoms with Crippen molar-refractivity contribution in [3.05, 3.63) is 54.3 Å². The molecule has 186 valence electrons. The van der Waals surface area contributed by atoms with Crippen molar-refractivity contribution in [1.29, 1.82) is 0 Å². The maximum atomic E-state index is 14.0. The molecule has 0 bridgehead atoms. The van der Waals surface area contributed by atoms with Crippen LogP contribution in [0.15, 0.2) is 53.4 Å². The number of sulfonamides is 2. The van der Waals surface area contributed by atoms with Crippen molar-refractivity contribution in [2.45, 2.75) is 4.90 Å². The fourth-order valence-corrected chi connectivity index (χ4v) is 5.49. The molecular weight excluding hydrogens is 489 g/mol. The summed E-state index contributed by atoms with van der Waals surface area (Å²) in [6.45, 7) is 0.833. The molecule has 0 radical (unpaired) electrons. The van der Waals surface area contributed by atoms with Crippen molar-refractivity contribution in [2.75, 3.05) is 56.6 Å². The molecule has 10 nitrogen and oxygen atoms in total. The van der Waals surface area contributed by atoms with Crippen LogP contribution in [-0.2, 0) is 29.6 Å². The third-order valence-corrected chi connectivity index (χ3v) is 7.97. The number of amides is 1. The number of morpholine rings is 1. The van der Waals surface area contributed by atoms with Crippen LogP contribution in [0.4, 0.5) is 10.1 Å². The van der Waals surface area contributed by atoms with Crippen LogP contribution in [0.5, 0.6) is 5.75 Å². The Morgan fingerprint density at radius 1 is 1.09 bits per heavy atom. The lowest BCUT2D eigenvalue weighted by Gasteiger charge is -2.26. The van der Waals surface area contributed by atoms with Gasteiger partial charge in [-0.1, -0.05) is 12.1 Å². The molecule has 0 unspecified atom stereocenters. The van der Waals surface area contributed by atoms with Gasteiger partial charge in [0.25, 0.3) is 0 Å². The number of hydrogen-bond donors (Lipinski definition) is 1. The molecule has 2 aromatic carbocycles. The lowest BCUT2D eigenvalue weighted by atomic mass is 10.3. The van der Waals surface area contributed by atoms with Gasteiger partial charge in [0.1, 0.15) is 24.7 Å². The number of carbonyl (C=O) groups is 1. The first-order valence-electron chi connectivity index (χ1n) is 10.4. The second-order valence-electron chi connectivity index (χ2n) is 7.41. The number of nitrogens with zero attached hydrogens (tertiary/aromatic N) is 2. The Labute approximate surface area is 198 Å². The van der Waals surface area contributed by atoms with Crippen LogP contribution in [0.2, 0.25) is 0 Å². The number of ether oxygens (including phenoxy) is 2. The number of halogens is 1. The molecule has 2 aromatic rings. The van der Waals surface area contributed by atoms with Crippen molar-refractivity contribution < 1.29 is 35.5 Å². The van der Waals surface area contributed by atoms with Gasteiger partial charge in [-0.25, -0.2) is 21.2 Å². The highest BCUT2D eigenvalue weighted by atomic mass is 32.2. The van der Waals surface area contributed by atoms with E-state index < -0.39 is 38.3 Å². The standard InChI is InChI=1S/C21H26FN3O7S2/c1-33(27,28)25(20-5-3-2-4-19(20)22)16-21(26)23-10-13-32-17-6-8-18(9-7-17)34(29,30)24-11-14-31-15-12-24/h2-9H,10-16H2,1H3,(H,23,26). The zero-order valence-electron chi connectivity index (χ0n) is 18.5. The molecular formula is C21H26FN3O7S2. The first kappa shape index (κ1) is 25.9.